The highest BCUT2D eigenvalue weighted by molar-refractivity contribution is 6.16. The van der Waals surface area contributed by atoms with Crippen LogP contribution in [0.5, 0.6) is 0 Å². The number of nitrogens with zero attached hydrogens (tertiary/aromatic N) is 2. The van der Waals surface area contributed by atoms with Crippen LogP contribution in [-0.2, 0) is 4.74 Å². The number of allylic oxidation sites excluding steroid dienone is 2. The van der Waals surface area contributed by atoms with Crippen LogP contribution < -0.4 is 5.43 Å². The lowest BCUT2D eigenvalue weighted by Crippen LogP contribution is -2.29. The van der Waals surface area contributed by atoms with Crippen molar-refractivity contribution in [1.29, 1.82) is 0 Å². The van der Waals surface area contributed by atoms with Crippen LogP contribution in [0.4, 0.5) is 0 Å². The molecule has 4 heteroatoms. The molecule has 0 aromatic heterocycles. The van der Waals surface area contributed by atoms with Gasteiger partial charge in [0.1, 0.15) is 17.8 Å². The Bertz CT molecular complexity index is 362. The quantitative estimate of drug-likeness (QED) is 0.573. The molecule has 1 aliphatic carbocycles. The number of aliphatic imine (C=N–C) groups is 1. The second kappa shape index (κ2) is 1.97. The van der Waals surface area contributed by atoms with Gasteiger partial charge in [0, 0.05) is 12.0 Å². The van der Waals surface area contributed by atoms with Crippen molar-refractivity contribution in [1.82, 2.24) is 5.43 Å². The first kappa shape index (κ1) is 5.99. The second-order valence-electron chi connectivity index (χ2n) is 2.89. The maximum absolute atomic E-state index is 5.35. The summed E-state index contributed by atoms with van der Waals surface area (Å²) >= 11 is 0. The summed E-state index contributed by atoms with van der Waals surface area (Å²) in [7, 11) is 0. The minimum absolute atomic E-state index is 0.946. The molecule has 0 spiro atoms. The van der Waals surface area contributed by atoms with Crippen molar-refractivity contribution in [2.45, 2.75) is 12.8 Å². The van der Waals surface area contributed by atoms with Gasteiger partial charge in [-0.1, -0.05) is 0 Å². The molecule has 0 amide bonds. The summed E-state index contributed by atoms with van der Waals surface area (Å²) in [6.07, 6.45) is 5.30. The van der Waals surface area contributed by atoms with E-state index in [1.54, 1.807) is 6.26 Å². The molecule has 0 atom stereocenters. The molecule has 0 radical (unpaired) electrons. The lowest BCUT2D eigenvalue weighted by atomic mass is 9.93. The summed E-state index contributed by atoms with van der Waals surface area (Å²) in [6.45, 7) is 0. The molecule has 12 heavy (non-hydrogen) atoms. The molecule has 60 valence electrons. The van der Waals surface area contributed by atoms with E-state index in [1.807, 2.05) is 0 Å². The van der Waals surface area contributed by atoms with E-state index in [2.05, 4.69) is 15.5 Å². The molecule has 0 fully saturated rings. The van der Waals surface area contributed by atoms with Crippen molar-refractivity contribution in [3.05, 3.63) is 23.3 Å². The third kappa shape index (κ3) is 0.617. The van der Waals surface area contributed by atoms with Gasteiger partial charge in [0.2, 0.25) is 0 Å². The fourth-order valence-corrected chi connectivity index (χ4v) is 1.60. The molecule has 0 aromatic rings. The van der Waals surface area contributed by atoms with E-state index in [0.717, 1.165) is 30.0 Å². The Morgan fingerprint density at radius 2 is 2.42 bits per heavy atom. The number of hydrogen-bond acceptors (Lipinski definition) is 4. The van der Waals surface area contributed by atoms with E-state index in [-0.39, 0.29) is 0 Å². The summed E-state index contributed by atoms with van der Waals surface area (Å²) < 4.78 is 5.35. The van der Waals surface area contributed by atoms with Crippen LogP contribution in [0.1, 0.15) is 12.8 Å². The number of hydrazone groups is 1. The lowest BCUT2D eigenvalue weighted by Gasteiger charge is -2.28. The summed E-state index contributed by atoms with van der Waals surface area (Å²) in [5.41, 5.74) is 6.01. The fourth-order valence-electron chi connectivity index (χ4n) is 1.60. The molecule has 4 rings (SSSR count). The van der Waals surface area contributed by atoms with Gasteiger partial charge in [-0.15, -0.1) is 0 Å². The van der Waals surface area contributed by atoms with Crippen LogP contribution in [0.3, 0.4) is 0 Å². The van der Waals surface area contributed by atoms with Crippen molar-refractivity contribution in [2.75, 3.05) is 0 Å². The Morgan fingerprint density at radius 1 is 1.42 bits per heavy atom. The van der Waals surface area contributed by atoms with Crippen LogP contribution in [-0.4, -0.2) is 12.1 Å². The van der Waals surface area contributed by atoms with Gasteiger partial charge in [0.05, 0.1) is 12.0 Å². The molecule has 0 saturated heterocycles. The highest BCUT2D eigenvalue weighted by Gasteiger charge is 2.29. The predicted molar refractivity (Wildman–Crippen MR) is 44.5 cm³/mol. The monoisotopic (exact) mass is 161 g/mol. The molecule has 0 aromatic carbocycles. The van der Waals surface area contributed by atoms with Gasteiger partial charge in [-0.05, 0) is 6.42 Å². The predicted octanol–water partition coefficient (Wildman–Crippen LogP) is 0.893. The van der Waals surface area contributed by atoms with Crippen molar-refractivity contribution in [3.8, 4) is 0 Å². The summed E-state index contributed by atoms with van der Waals surface area (Å²) in [5, 5.41) is 3.85. The first-order valence-electron chi connectivity index (χ1n) is 3.90. The second-order valence-corrected chi connectivity index (χ2v) is 2.89. The van der Waals surface area contributed by atoms with Crippen LogP contribution in [0.25, 0.3) is 0 Å². The number of fused-ring (bicyclic) bond motifs is 2. The summed E-state index contributed by atoms with van der Waals surface area (Å²) in [6, 6.07) is 0. The van der Waals surface area contributed by atoms with Crippen molar-refractivity contribution in [3.63, 3.8) is 0 Å². The number of nitrogens with one attached hydrogen (secondary N) is 1. The normalized spacial score (nSPS) is 24.0. The number of hydrogen-bond donors (Lipinski definition) is 1. The number of rotatable bonds is 0. The Balaban J connectivity index is 2.22. The van der Waals surface area contributed by atoms with Crippen LogP contribution in [0.15, 0.2) is 33.4 Å². The molecule has 0 unspecified atom stereocenters. The van der Waals surface area contributed by atoms with Gasteiger partial charge in [0.15, 0.2) is 0 Å². The molecule has 1 N–H and O–H groups in total. The number of ether oxygens (including phenoxy) is 1. The van der Waals surface area contributed by atoms with Gasteiger partial charge >= 0.3 is 0 Å². The third-order valence-corrected chi connectivity index (χ3v) is 2.21. The maximum atomic E-state index is 5.35. The zero-order chi connectivity index (χ0) is 7.97. The van der Waals surface area contributed by atoms with Crippen LogP contribution in [0.2, 0.25) is 0 Å². The van der Waals surface area contributed by atoms with E-state index in [0.29, 0.717) is 0 Å². The van der Waals surface area contributed by atoms with Crippen molar-refractivity contribution >= 4 is 12.1 Å². The minimum atomic E-state index is 0.946. The van der Waals surface area contributed by atoms with Crippen molar-refractivity contribution < 1.29 is 4.74 Å². The molecule has 3 aliphatic heterocycles. The van der Waals surface area contributed by atoms with Crippen LogP contribution >= 0.6 is 0 Å². The minimum Gasteiger partial charge on any atom is -0.467 e. The average Bonchev–Trinajstić information content (AvgIpc) is 2.20. The molecular weight excluding hydrogens is 154 g/mol. The lowest BCUT2D eigenvalue weighted by molar-refractivity contribution is 0.302. The summed E-state index contributed by atoms with van der Waals surface area (Å²) in [5.74, 6) is 0.959. The summed E-state index contributed by atoms with van der Waals surface area (Å²) in [4.78, 5) is 4.19. The Hall–Kier alpha value is -1.58. The maximum Gasteiger partial charge on any atom is 0.136 e. The zero-order valence-electron chi connectivity index (χ0n) is 6.37. The highest BCUT2D eigenvalue weighted by atomic mass is 16.5. The van der Waals surface area contributed by atoms with Gasteiger partial charge in [-0.2, -0.15) is 5.10 Å². The SMILES string of the molecule is C1=NNC2=C3CCC(=CO3)C2=N1. The van der Waals surface area contributed by atoms with E-state index in [1.165, 1.54) is 11.9 Å². The van der Waals surface area contributed by atoms with Gasteiger partial charge in [-0.25, -0.2) is 4.99 Å². The Labute approximate surface area is 69.3 Å². The molecular formula is C8H7N3O. The Morgan fingerprint density at radius 3 is 3.17 bits per heavy atom. The molecule has 2 bridgehead atoms. The fraction of sp³-hybridized carbons (Fsp3) is 0.250. The zero-order valence-corrected chi connectivity index (χ0v) is 6.37. The van der Waals surface area contributed by atoms with E-state index in [9.17, 15) is 0 Å². The Kier molecular flexibility index (Phi) is 0.983. The first-order valence-corrected chi connectivity index (χ1v) is 3.90. The van der Waals surface area contributed by atoms with Gasteiger partial charge in [-0.3, -0.25) is 5.43 Å². The highest BCUT2D eigenvalue weighted by Crippen LogP contribution is 2.32. The van der Waals surface area contributed by atoms with E-state index >= 15 is 0 Å². The smallest absolute Gasteiger partial charge is 0.136 e. The largest absolute Gasteiger partial charge is 0.467 e. The molecule has 0 saturated carbocycles. The van der Waals surface area contributed by atoms with E-state index < -0.39 is 0 Å². The van der Waals surface area contributed by atoms with Gasteiger partial charge < -0.3 is 4.74 Å². The molecule has 4 nitrogen and oxygen atoms in total. The van der Waals surface area contributed by atoms with Crippen molar-refractivity contribution in [2.24, 2.45) is 10.1 Å². The molecule has 4 aliphatic rings. The third-order valence-electron chi connectivity index (χ3n) is 2.21. The van der Waals surface area contributed by atoms with Gasteiger partial charge in [0.25, 0.3) is 0 Å². The topological polar surface area (TPSA) is 46.0 Å². The van der Waals surface area contributed by atoms with Crippen LogP contribution in [0, 0.1) is 0 Å². The average molecular weight is 161 g/mol. The first-order chi connectivity index (χ1) is 5.95. The molecule has 3 heterocycles. The van der Waals surface area contributed by atoms with E-state index in [4.69, 9.17) is 4.74 Å². The standard InChI is InChI=1S/C8H7N3O/c1-2-6-8-7(5(1)3-12-6)9-4-10-11-8/h3-4,11H,1-2H2.